The Balaban J connectivity index is 0.00000144. The molecule has 0 radical (unpaired) electrons. The van der Waals surface area contributed by atoms with Crippen molar-refractivity contribution in [2.45, 2.75) is 4.90 Å². The number of pyridine rings is 1. The molecule has 4 nitrogen and oxygen atoms in total. The van der Waals surface area contributed by atoms with Crippen LogP contribution in [0.4, 0.5) is 0 Å². The molecule has 0 aliphatic carbocycles. The monoisotopic (exact) mass is 270 g/mol. The standard InChI is InChI=1S/C11H10N2O2S.ClH/c12-16(14,15)10-7-4-8-13-11(10)9-5-2-1-3-6-9;/h1-8H,(H2,12,14,15);1H. The number of aromatic nitrogens is 1. The van der Waals surface area contributed by atoms with E-state index in [1.807, 2.05) is 18.2 Å². The highest BCUT2D eigenvalue weighted by Crippen LogP contribution is 2.23. The van der Waals surface area contributed by atoms with Crippen molar-refractivity contribution in [1.29, 1.82) is 0 Å². The van der Waals surface area contributed by atoms with E-state index in [1.54, 1.807) is 18.2 Å². The van der Waals surface area contributed by atoms with Gasteiger partial charge in [-0.25, -0.2) is 13.6 Å². The van der Waals surface area contributed by atoms with E-state index in [-0.39, 0.29) is 17.3 Å². The van der Waals surface area contributed by atoms with Crippen LogP contribution in [0.2, 0.25) is 0 Å². The van der Waals surface area contributed by atoms with Crippen LogP contribution in [0.25, 0.3) is 11.3 Å². The summed E-state index contributed by atoms with van der Waals surface area (Å²) in [6.45, 7) is 0. The van der Waals surface area contributed by atoms with E-state index in [4.69, 9.17) is 5.14 Å². The number of benzene rings is 1. The first-order valence-electron chi connectivity index (χ1n) is 4.62. The summed E-state index contributed by atoms with van der Waals surface area (Å²) in [5.41, 5.74) is 1.11. The van der Waals surface area contributed by atoms with Crippen LogP contribution in [-0.4, -0.2) is 13.4 Å². The average molecular weight is 271 g/mol. The van der Waals surface area contributed by atoms with E-state index in [0.29, 0.717) is 5.69 Å². The maximum absolute atomic E-state index is 11.4. The van der Waals surface area contributed by atoms with Gasteiger partial charge in [-0.15, -0.1) is 12.4 Å². The first-order chi connectivity index (χ1) is 7.59. The average Bonchev–Trinajstić information content (AvgIpc) is 2.29. The molecule has 0 spiro atoms. The second kappa shape index (κ2) is 5.27. The lowest BCUT2D eigenvalue weighted by Gasteiger charge is -2.05. The minimum absolute atomic E-state index is 0. The van der Waals surface area contributed by atoms with E-state index >= 15 is 0 Å². The number of primary sulfonamides is 1. The Kier molecular flexibility index (Phi) is 4.22. The van der Waals surface area contributed by atoms with Crippen molar-refractivity contribution >= 4 is 22.4 Å². The molecule has 0 saturated carbocycles. The van der Waals surface area contributed by atoms with E-state index in [0.717, 1.165) is 5.56 Å². The molecule has 2 N–H and O–H groups in total. The third kappa shape index (κ3) is 3.03. The highest BCUT2D eigenvalue weighted by molar-refractivity contribution is 7.89. The summed E-state index contributed by atoms with van der Waals surface area (Å²) in [5.74, 6) is 0. The molecule has 0 aliphatic heterocycles. The Bertz CT molecular complexity index is 600. The molecule has 2 rings (SSSR count). The number of sulfonamides is 1. The van der Waals surface area contributed by atoms with Crippen LogP contribution in [0.15, 0.2) is 53.6 Å². The summed E-state index contributed by atoms with van der Waals surface area (Å²) < 4.78 is 22.7. The molecule has 0 bridgehead atoms. The number of rotatable bonds is 2. The fraction of sp³-hybridized carbons (Fsp3) is 0. The van der Waals surface area contributed by atoms with Crippen molar-refractivity contribution in [3.8, 4) is 11.3 Å². The minimum atomic E-state index is -3.74. The lowest BCUT2D eigenvalue weighted by Crippen LogP contribution is -2.13. The molecular formula is C11H11ClN2O2S. The lowest BCUT2D eigenvalue weighted by molar-refractivity contribution is 0.597. The zero-order valence-corrected chi connectivity index (χ0v) is 10.4. The quantitative estimate of drug-likeness (QED) is 0.905. The van der Waals surface area contributed by atoms with Crippen LogP contribution in [0.3, 0.4) is 0 Å². The molecule has 1 aromatic carbocycles. The molecular weight excluding hydrogens is 260 g/mol. The number of hydrogen-bond acceptors (Lipinski definition) is 3. The maximum atomic E-state index is 11.4. The van der Waals surface area contributed by atoms with E-state index in [2.05, 4.69) is 4.98 Å². The summed E-state index contributed by atoms with van der Waals surface area (Å²) in [5, 5.41) is 5.13. The van der Waals surface area contributed by atoms with Gasteiger partial charge in [0.25, 0.3) is 0 Å². The zero-order valence-electron chi connectivity index (χ0n) is 8.78. The summed E-state index contributed by atoms with van der Waals surface area (Å²) in [6.07, 6.45) is 1.54. The predicted octanol–water partition coefficient (Wildman–Crippen LogP) is 1.82. The van der Waals surface area contributed by atoms with Crippen molar-refractivity contribution in [2.24, 2.45) is 5.14 Å². The first-order valence-corrected chi connectivity index (χ1v) is 6.17. The van der Waals surface area contributed by atoms with Gasteiger partial charge < -0.3 is 0 Å². The summed E-state index contributed by atoms with van der Waals surface area (Å²) in [7, 11) is -3.74. The molecule has 0 fully saturated rings. The largest absolute Gasteiger partial charge is 0.255 e. The number of nitrogens with two attached hydrogens (primary N) is 1. The van der Waals surface area contributed by atoms with Gasteiger partial charge in [0.05, 0.1) is 5.69 Å². The predicted molar refractivity (Wildman–Crippen MR) is 68.3 cm³/mol. The number of nitrogens with zero attached hydrogens (tertiary/aromatic N) is 1. The maximum Gasteiger partial charge on any atom is 0.240 e. The van der Waals surface area contributed by atoms with Gasteiger partial charge in [0.15, 0.2) is 0 Å². The molecule has 0 amide bonds. The van der Waals surface area contributed by atoms with Crippen LogP contribution in [0.1, 0.15) is 0 Å². The molecule has 17 heavy (non-hydrogen) atoms. The Labute approximate surface area is 106 Å². The number of hydrogen-bond donors (Lipinski definition) is 1. The summed E-state index contributed by atoms with van der Waals surface area (Å²) >= 11 is 0. The summed E-state index contributed by atoms with van der Waals surface area (Å²) in [6, 6.07) is 12.1. The highest BCUT2D eigenvalue weighted by atomic mass is 35.5. The molecule has 1 heterocycles. The second-order valence-corrected chi connectivity index (χ2v) is 4.79. The topological polar surface area (TPSA) is 73.1 Å². The molecule has 2 aromatic rings. The smallest absolute Gasteiger partial charge is 0.240 e. The van der Waals surface area contributed by atoms with Gasteiger partial charge in [0.1, 0.15) is 4.90 Å². The van der Waals surface area contributed by atoms with Crippen LogP contribution in [0.5, 0.6) is 0 Å². The zero-order chi connectivity index (χ0) is 11.6. The van der Waals surface area contributed by atoms with Crippen LogP contribution in [0, 0.1) is 0 Å². The van der Waals surface area contributed by atoms with Crippen molar-refractivity contribution in [2.75, 3.05) is 0 Å². The highest BCUT2D eigenvalue weighted by Gasteiger charge is 2.15. The van der Waals surface area contributed by atoms with Crippen LogP contribution in [-0.2, 0) is 10.0 Å². The van der Waals surface area contributed by atoms with Gasteiger partial charge in [0, 0.05) is 11.8 Å². The van der Waals surface area contributed by atoms with Gasteiger partial charge in [-0.3, -0.25) is 4.98 Å². The van der Waals surface area contributed by atoms with E-state index in [1.165, 1.54) is 12.3 Å². The SMILES string of the molecule is Cl.NS(=O)(=O)c1cccnc1-c1ccccc1. The molecule has 1 aromatic heterocycles. The van der Waals surface area contributed by atoms with Crippen LogP contribution < -0.4 is 5.14 Å². The Morgan fingerprint density at radius 3 is 2.24 bits per heavy atom. The van der Waals surface area contributed by atoms with Crippen molar-refractivity contribution in [3.05, 3.63) is 48.7 Å². The Morgan fingerprint density at radius 2 is 1.65 bits per heavy atom. The van der Waals surface area contributed by atoms with Gasteiger partial charge >= 0.3 is 0 Å². The van der Waals surface area contributed by atoms with Gasteiger partial charge in [-0.2, -0.15) is 0 Å². The van der Waals surface area contributed by atoms with E-state index < -0.39 is 10.0 Å². The fourth-order valence-electron chi connectivity index (χ4n) is 1.43. The van der Waals surface area contributed by atoms with Crippen LogP contribution >= 0.6 is 12.4 Å². The van der Waals surface area contributed by atoms with Crippen molar-refractivity contribution < 1.29 is 8.42 Å². The molecule has 0 aliphatic rings. The van der Waals surface area contributed by atoms with Crippen molar-refractivity contribution in [3.63, 3.8) is 0 Å². The van der Waals surface area contributed by atoms with Crippen molar-refractivity contribution in [1.82, 2.24) is 4.98 Å². The third-order valence-electron chi connectivity index (χ3n) is 2.12. The normalized spacial score (nSPS) is 10.6. The molecule has 90 valence electrons. The van der Waals surface area contributed by atoms with E-state index in [9.17, 15) is 8.42 Å². The molecule has 0 atom stereocenters. The fourth-order valence-corrected chi connectivity index (χ4v) is 2.14. The van der Waals surface area contributed by atoms with Gasteiger partial charge in [-0.1, -0.05) is 30.3 Å². The molecule has 0 saturated heterocycles. The first kappa shape index (κ1) is 13.6. The Hall–Kier alpha value is -1.43. The number of halogens is 1. The molecule has 6 heteroatoms. The molecule has 0 unspecified atom stereocenters. The minimum Gasteiger partial charge on any atom is -0.255 e. The summed E-state index contributed by atoms with van der Waals surface area (Å²) in [4.78, 5) is 4.10. The third-order valence-corrected chi connectivity index (χ3v) is 3.07. The second-order valence-electron chi connectivity index (χ2n) is 3.26. The van der Waals surface area contributed by atoms with Gasteiger partial charge in [-0.05, 0) is 12.1 Å². The van der Waals surface area contributed by atoms with Gasteiger partial charge in [0.2, 0.25) is 10.0 Å². The Morgan fingerprint density at radius 1 is 1.00 bits per heavy atom. The lowest BCUT2D eigenvalue weighted by atomic mass is 10.1.